The predicted molar refractivity (Wildman–Crippen MR) is 94.6 cm³/mol. The molecule has 3 nitrogen and oxygen atoms in total. The predicted octanol–water partition coefficient (Wildman–Crippen LogP) is 2.25. The fourth-order valence-corrected chi connectivity index (χ4v) is 6.69. The van der Waals surface area contributed by atoms with E-state index >= 15 is 0 Å². The molecule has 1 rings (SSSR count). The van der Waals surface area contributed by atoms with Gasteiger partial charge in [-0.2, -0.15) is 0 Å². The Balaban J connectivity index is 2.06. The third kappa shape index (κ3) is 8.53. The summed E-state index contributed by atoms with van der Waals surface area (Å²) in [6.45, 7) is 7.72. The molecule has 0 aromatic heterocycles. The molecule has 0 aliphatic rings. The highest BCUT2D eigenvalue weighted by Gasteiger charge is 2.08. The van der Waals surface area contributed by atoms with Crippen molar-refractivity contribution >= 4 is 19.0 Å². The Morgan fingerprint density at radius 1 is 0.952 bits per heavy atom. The Bertz CT molecular complexity index is 343. The second kappa shape index (κ2) is 12.1. The molecule has 0 N–H and O–H groups in total. The molecule has 0 amide bonds. The molecule has 0 saturated heterocycles. The minimum atomic E-state index is -0.260. The van der Waals surface area contributed by atoms with E-state index in [4.69, 9.17) is 14.2 Å². The molecule has 120 valence electrons. The fourth-order valence-electron chi connectivity index (χ4n) is 2.26. The molecule has 0 saturated carbocycles. The lowest BCUT2D eigenvalue weighted by Crippen LogP contribution is -2.24. The summed E-state index contributed by atoms with van der Waals surface area (Å²) in [4.78, 5) is 0. The van der Waals surface area contributed by atoms with Crippen LogP contribution in [0.5, 0.6) is 0 Å². The normalized spacial score (nSPS) is 13.9. The van der Waals surface area contributed by atoms with Crippen LogP contribution in [0.15, 0.2) is 30.3 Å². The van der Waals surface area contributed by atoms with Gasteiger partial charge in [-0.3, -0.25) is 0 Å². The molecule has 1 unspecified atom stereocenters. The summed E-state index contributed by atoms with van der Waals surface area (Å²) >= 11 is 0. The van der Waals surface area contributed by atoms with Crippen LogP contribution in [-0.2, 0) is 14.2 Å². The molecule has 1 atom stereocenters. The Kier molecular flexibility index (Phi) is 10.7. The van der Waals surface area contributed by atoms with Gasteiger partial charge in [0, 0.05) is 19.4 Å². The summed E-state index contributed by atoms with van der Waals surface area (Å²) in [7, 11) is -0.366. The van der Waals surface area contributed by atoms with Crippen LogP contribution in [0.25, 0.3) is 0 Å². The molecule has 5 heteroatoms. The highest BCUT2D eigenvalue weighted by Crippen LogP contribution is 2.15. The van der Waals surface area contributed by atoms with E-state index in [0.717, 1.165) is 19.4 Å². The van der Waals surface area contributed by atoms with Gasteiger partial charge < -0.3 is 14.2 Å². The first-order valence-corrected chi connectivity index (χ1v) is 12.0. The van der Waals surface area contributed by atoms with Gasteiger partial charge in [-0.1, -0.05) is 42.4 Å². The summed E-state index contributed by atoms with van der Waals surface area (Å²) in [6.07, 6.45) is 1.19. The number of benzene rings is 1. The standard InChI is InChI=1S/C16H30O3Si2/c1-4-17-16(18-5-2)21-12-11-20-13-19-14(3)15-9-7-6-8-10-15/h6-10,14,16H,4-5,11-13,20-21H2,1-3H3. The second-order valence-electron chi connectivity index (χ2n) is 5.11. The quantitative estimate of drug-likeness (QED) is 0.335. The summed E-state index contributed by atoms with van der Waals surface area (Å²) in [5.41, 5.74) is 1.27. The number of rotatable bonds is 12. The maximum atomic E-state index is 5.94. The fraction of sp³-hybridized carbons (Fsp3) is 0.625. The Hall–Kier alpha value is -0.466. The van der Waals surface area contributed by atoms with Gasteiger partial charge in [-0.25, -0.2) is 0 Å². The molecule has 0 aliphatic heterocycles. The van der Waals surface area contributed by atoms with E-state index in [2.05, 4.69) is 31.2 Å². The average Bonchev–Trinajstić information content (AvgIpc) is 2.51. The van der Waals surface area contributed by atoms with Crippen molar-refractivity contribution in [3.8, 4) is 0 Å². The molecular weight excluding hydrogens is 296 g/mol. The Morgan fingerprint density at radius 3 is 2.24 bits per heavy atom. The van der Waals surface area contributed by atoms with Crippen molar-refractivity contribution in [3.05, 3.63) is 35.9 Å². The summed E-state index contributed by atoms with van der Waals surface area (Å²) in [5, 5.41) is 0. The van der Waals surface area contributed by atoms with Gasteiger partial charge >= 0.3 is 0 Å². The van der Waals surface area contributed by atoms with Crippen molar-refractivity contribution in [1.29, 1.82) is 0 Å². The lowest BCUT2D eigenvalue weighted by molar-refractivity contribution is -0.0826. The third-order valence-electron chi connectivity index (χ3n) is 3.43. The molecular formula is C16H30O3Si2. The van der Waals surface area contributed by atoms with Crippen molar-refractivity contribution in [1.82, 2.24) is 0 Å². The van der Waals surface area contributed by atoms with Gasteiger partial charge in [0.1, 0.15) is 5.91 Å². The van der Waals surface area contributed by atoms with E-state index in [0.29, 0.717) is 0 Å². The topological polar surface area (TPSA) is 27.7 Å². The van der Waals surface area contributed by atoms with Crippen LogP contribution >= 0.6 is 0 Å². The van der Waals surface area contributed by atoms with Crippen LogP contribution in [0.4, 0.5) is 0 Å². The van der Waals surface area contributed by atoms with Crippen LogP contribution in [0, 0.1) is 0 Å². The summed E-state index contributed by atoms with van der Waals surface area (Å²) in [6, 6.07) is 13.1. The van der Waals surface area contributed by atoms with E-state index in [-0.39, 0.29) is 31.1 Å². The van der Waals surface area contributed by atoms with Gasteiger partial charge in [0.05, 0.1) is 25.1 Å². The summed E-state index contributed by atoms with van der Waals surface area (Å²) in [5.74, 6) is 0.123. The van der Waals surface area contributed by atoms with Crippen LogP contribution in [0.1, 0.15) is 32.4 Å². The molecule has 0 radical (unpaired) electrons. The van der Waals surface area contributed by atoms with Crippen molar-refractivity contribution in [2.45, 2.75) is 44.9 Å². The van der Waals surface area contributed by atoms with Crippen molar-refractivity contribution in [2.24, 2.45) is 0 Å². The van der Waals surface area contributed by atoms with Gasteiger partial charge in [0.25, 0.3) is 0 Å². The second-order valence-corrected chi connectivity index (χ2v) is 8.89. The maximum absolute atomic E-state index is 5.94. The number of hydrogen-bond donors (Lipinski definition) is 0. The minimum Gasteiger partial charge on any atom is -0.378 e. The van der Waals surface area contributed by atoms with Gasteiger partial charge in [-0.15, -0.1) is 0 Å². The number of ether oxygens (including phenoxy) is 3. The van der Waals surface area contributed by atoms with E-state index in [1.807, 2.05) is 19.9 Å². The third-order valence-corrected chi connectivity index (χ3v) is 7.80. The first-order valence-electron chi connectivity index (χ1n) is 8.17. The van der Waals surface area contributed by atoms with E-state index < -0.39 is 0 Å². The molecule has 0 spiro atoms. The van der Waals surface area contributed by atoms with E-state index in [1.165, 1.54) is 17.7 Å². The molecule has 0 heterocycles. The lowest BCUT2D eigenvalue weighted by atomic mass is 10.1. The van der Waals surface area contributed by atoms with Crippen LogP contribution in [0.2, 0.25) is 12.1 Å². The van der Waals surface area contributed by atoms with E-state index in [9.17, 15) is 0 Å². The average molecular weight is 327 g/mol. The monoisotopic (exact) mass is 326 g/mol. The molecule has 1 aromatic rings. The lowest BCUT2D eigenvalue weighted by Gasteiger charge is -2.16. The molecule has 1 aromatic carbocycles. The van der Waals surface area contributed by atoms with Crippen molar-refractivity contribution < 1.29 is 14.2 Å². The van der Waals surface area contributed by atoms with Gasteiger partial charge in [-0.05, 0) is 26.3 Å². The van der Waals surface area contributed by atoms with Crippen LogP contribution in [0.3, 0.4) is 0 Å². The van der Waals surface area contributed by atoms with Crippen molar-refractivity contribution in [2.75, 3.05) is 19.4 Å². The molecule has 0 fully saturated rings. The van der Waals surface area contributed by atoms with Gasteiger partial charge in [0.15, 0.2) is 0 Å². The smallest absolute Gasteiger partial charge is 0.134 e. The van der Waals surface area contributed by atoms with Crippen LogP contribution in [-0.4, -0.2) is 44.4 Å². The van der Waals surface area contributed by atoms with E-state index in [1.54, 1.807) is 0 Å². The zero-order chi connectivity index (χ0) is 15.3. The molecule has 0 bridgehead atoms. The highest BCUT2D eigenvalue weighted by molar-refractivity contribution is 6.42. The Labute approximate surface area is 134 Å². The van der Waals surface area contributed by atoms with Crippen LogP contribution < -0.4 is 0 Å². The zero-order valence-corrected chi connectivity index (χ0v) is 16.5. The zero-order valence-electron chi connectivity index (χ0n) is 13.7. The largest absolute Gasteiger partial charge is 0.378 e. The SMILES string of the molecule is CCOC(OCC)[SiH2]CC[SiH2]COC(C)c1ccccc1. The molecule has 0 aliphatic carbocycles. The van der Waals surface area contributed by atoms with Gasteiger partial charge in [0.2, 0.25) is 0 Å². The highest BCUT2D eigenvalue weighted by atomic mass is 28.2. The molecule has 21 heavy (non-hydrogen) atoms. The number of hydrogen-bond acceptors (Lipinski definition) is 3. The Morgan fingerprint density at radius 2 is 1.62 bits per heavy atom. The maximum Gasteiger partial charge on any atom is 0.134 e. The first-order chi connectivity index (χ1) is 10.3. The first kappa shape index (κ1) is 18.6. The summed E-state index contributed by atoms with van der Waals surface area (Å²) < 4.78 is 17.2. The van der Waals surface area contributed by atoms with Crippen molar-refractivity contribution in [3.63, 3.8) is 0 Å². The minimum absolute atomic E-state index is 0.106.